The van der Waals surface area contributed by atoms with Gasteiger partial charge in [0.25, 0.3) is 0 Å². The Morgan fingerprint density at radius 3 is 2.37 bits per heavy atom. The number of hydrogen-bond acceptors (Lipinski definition) is 2. The Labute approximate surface area is 170 Å². The zero-order chi connectivity index (χ0) is 19.8. The molecule has 0 fully saturated rings. The van der Waals surface area contributed by atoms with E-state index in [-0.39, 0.29) is 18.2 Å². The van der Waals surface area contributed by atoms with Crippen molar-refractivity contribution in [3.63, 3.8) is 0 Å². The molecule has 2 rings (SSSR count). The topological polar surface area (TPSA) is 49.4 Å². The van der Waals surface area contributed by atoms with Crippen LogP contribution in [-0.4, -0.2) is 29.3 Å². The van der Waals surface area contributed by atoms with Crippen LogP contribution in [0.1, 0.15) is 31.4 Å². The lowest BCUT2D eigenvalue weighted by Gasteiger charge is -2.29. The lowest BCUT2D eigenvalue weighted by atomic mass is 10.1. The second kappa shape index (κ2) is 10.3. The smallest absolute Gasteiger partial charge is 0.242 e. The van der Waals surface area contributed by atoms with Gasteiger partial charge in [0.1, 0.15) is 6.04 Å². The van der Waals surface area contributed by atoms with Crippen molar-refractivity contribution in [2.75, 3.05) is 6.54 Å². The van der Waals surface area contributed by atoms with Crippen LogP contribution in [0, 0.1) is 0 Å². The average molecular weight is 407 g/mol. The van der Waals surface area contributed by atoms with Crippen molar-refractivity contribution in [1.29, 1.82) is 0 Å². The highest BCUT2D eigenvalue weighted by atomic mass is 35.5. The quantitative estimate of drug-likeness (QED) is 0.702. The summed E-state index contributed by atoms with van der Waals surface area (Å²) in [6.45, 7) is 4.46. The van der Waals surface area contributed by atoms with Crippen LogP contribution >= 0.6 is 23.2 Å². The first kappa shape index (κ1) is 21.3. The van der Waals surface area contributed by atoms with Crippen LogP contribution in [0.2, 0.25) is 10.0 Å². The van der Waals surface area contributed by atoms with E-state index in [1.807, 2.05) is 43.3 Å². The molecule has 2 aromatic rings. The third-order valence-electron chi connectivity index (χ3n) is 4.35. The molecule has 0 saturated heterocycles. The third-order valence-corrected chi connectivity index (χ3v) is 4.97. The number of benzene rings is 2. The lowest BCUT2D eigenvalue weighted by molar-refractivity contribution is -0.140. The minimum absolute atomic E-state index is 0.0939. The van der Waals surface area contributed by atoms with E-state index in [2.05, 4.69) is 5.32 Å². The van der Waals surface area contributed by atoms with Gasteiger partial charge in [0.15, 0.2) is 0 Å². The molecule has 1 atom stereocenters. The molecule has 144 valence electrons. The first-order chi connectivity index (χ1) is 12.9. The molecule has 0 aliphatic carbocycles. The first-order valence-electron chi connectivity index (χ1n) is 8.97. The Morgan fingerprint density at radius 2 is 1.74 bits per heavy atom. The number of aryl methyl sites for hydroxylation is 1. The van der Waals surface area contributed by atoms with Crippen molar-refractivity contribution in [1.82, 2.24) is 10.2 Å². The summed E-state index contributed by atoms with van der Waals surface area (Å²) in [6, 6.07) is 14.2. The summed E-state index contributed by atoms with van der Waals surface area (Å²) < 4.78 is 0. The van der Waals surface area contributed by atoms with Gasteiger partial charge in [-0.15, -0.1) is 0 Å². The second-order valence-electron chi connectivity index (χ2n) is 6.31. The molecule has 0 aliphatic rings. The Kier molecular flexibility index (Phi) is 8.14. The number of nitrogens with one attached hydrogen (secondary N) is 1. The summed E-state index contributed by atoms with van der Waals surface area (Å²) in [5.41, 5.74) is 1.84. The maximum Gasteiger partial charge on any atom is 0.242 e. The molecule has 0 radical (unpaired) electrons. The summed E-state index contributed by atoms with van der Waals surface area (Å²) >= 11 is 12.1. The van der Waals surface area contributed by atoms with E-state index < -0.39 is 6.04 Å². The highest BCUT2D eigenvalue weighted by Crippen LogP contribution is 2.19. The van der Waals surface area contributed by atoms with Gasteiger partial charge < -0.3 is 10.2 Å². The van der Waals surface area contributed by atoms with Crippen LogP contribution in [0.4, 0.5) is 0 Å². The van der Waals surface area contributed by atoms with Crippen LogP contribution in [0.5, 0.6) is 0 Å². The second-order valence-corrected chi connectivity index (χ2v) is 7.15. The van der Waals surface area contributed by atoms with Crippen molar-refractivity contribution in [3.8, 4) is 0 Å². The van der Waals surface area contributed by atoms with E-state index in [0.29, 0.717) is 29.6 Å². The maximum absolute atomic E-state index is 12.9. The fraction of sp³-hybridized carbons (Fsp3) is 0.333. The number of carbonyl (C=O) groups excluding carboxylic acids is 2. The average Bonchev–Trinajstić information content (AvgIpc) is 2.66. The van der Waals surface area contributed by atoms with Gasteiger partial charge in [-0.3, -0.25) is 9.59 Å². The SMILES string of the molecule is CCNC(=O)C(C)N(Cc1ccc(Cl)cc1)C(=O)CCc1ccccc1Cl. The predicted octanol–water partition coefficient (Wildman–Crippen LogP) is 4.48. The molecular weight excluding hydrogens is 383 g/mol. The van der Waals surface area contributed by atoms with Crippen molar-refractivity contribution in [2.45, 2.75) is 39.3 Å². The van der Waals surface area contributed by atoms with Crippen molar-refractivity contribution >= 4 is 35.0 Å². The number of hydrogen-bond donors (Lipinski definition) is 1. The summed E-state index contributed by atoms with van der Waals surface area (Å²) in [6.07, 6.45) is 0.804. The van der Waals surface area contributed by atoms with Gasteiger partial charge >= 0.3 is 0 Å². The molecule has 0 spiro atoms. The summed E-state index contributed by atoms with van der Waals surface area (Å²) in [5, 5.41) is 4.06. The number of rotatable bonds is 8. The molecule has 0 aliphatic heterocycles. The largest absolute Gasteiger partial charge is 0.355 e. The van der Waals surface area contributed by atoms with Crippen molar-refractivity contribution in [2.24, 2.45) is 0 Å². The van der Waals surface area contributed by atoms with Gasteiger partial charge in [0.2, 0.25) is 11.8 Å². The Hall–Kier alpha value is -2.04. The highest BCUT2D eigenvalue weighted by Gasteiger charge is 2.25. The fourth-order valence-corrected chi connectivity index (χ4v) is 3.13. The van der Waals surface area contributed by atoms with Gasteiger partial charge in [-0.25, -0.2) is 0 Å². The monoisotopic (exact) mass is 406 g/mol. The number of likely N-dealkylation sites (N-methyl/N-ethyl adjacent to an activating group) is 1. The predicted molar refractivity (Wildman–Crippen MR) is 110 cm³/mol. The molecule has 0 saturated carbocycles. The van der Waals surface area contributed by atoms with Crippen molar-refractivity contribution < 1.29 is 9.59 Å². The van der Waals surface area contributed by atoms with E-state index in [1.165, 1.54) is 0 Å². The number of halogens is 2. The highest BCUT2D eigenvalue weighted by molar-refractivity contribution is 6.31. The normalized spacial score (nSPS) is 11.7. The van der Waals surface area contributed by atoms with Crippen LogP contribution in [-0.2, 0) is 22.6 Å². The standard InChI is InChI=1S/C21H24Cl2N2O2/c1-3-24-21(27)15(2)25(14-16-8-11-18(22)12-9-16)20(26)13-10-17-6-4-5-7-19(17)23/h4-9,11-12,15H,3,10,13-14H2,1-2H3,(H,24,27). The van der Waals surface area contributed by atoms with Crippen LogP contribution < -0.4 is 5.32 Å². The van der Waals surface area contributed by atoms with E-state index in [1.54, 1.807) is 24.0 Å². The van der Waals surface area contributed by atoms with Gasteiger partial charge in [-0.1, -0.05) is 53.5 Å². The van der Waals surface area contributed by atoms with Gasteiger partial charge in [-0.05, 0) is 49.6 Å². The molecule has 27 heavy (non-hydrogen) atoms. The molecule has 0 bridgehead atoms. The molecule has 2 aromatic carbocycles. The lowest BCUT2D eigenvalue weighted by Crippen LogP contribution is -2.47. The van der Waals surface area contributed by atoms with Crippen LogP contribution in [0.25, 0.3) is 0 Å². The zero-order valence-corrected chi connectivity index (χ0v) is 17.1. The molecule has 0 heterocycles. The van der Waals surface area contributed by atoms with Gasteiger partial charge in [0.05, 0.1) is 0 Å². The van der Waals surface area contributed by atoms with Crippen LogP contribution in [0.15, 0.2) is 48.5 Å². The van der Waals surface area contributed by atoms with Crippen LogP contribution in [0.3, 0.4) is 0 Å². The summed E-state index contributed by atoms with van der Waals surface area (Å²) in [5.74, 6) is -0.263. The van der Waals surface area contributed by atoms with Crippen molar-refractivity contribution in [3.05, 3.63) is 69.7 Å². The number of amides is 2. The molecule has 1 unspecified atom stereocenters. The fourth-order valence-electron chi connectivity index (χ4n) is 2.78. The number of carbonyl (C=O) groups is 2. The molecule has 6 heteroatoms. The summed E-state index contributed by atoms with van der Waals surface area (Å²) in [7, 11) is 0. The zero-order valence-electron chi connectivity index (χ0n) is 15.5. The molecule has 2 amide bonds. The van der Waals surface area contributed by atoms with Gasteiger partial charge in [0, 0.05) is 29.6 Å². The molecule has 1 N–H and O–H groups in total. The Balaban J connectivity index is 2.14. The Bertz CT molecular complexity index is 778. The third kappa shape index (κ3) is 6.26. The maximum atomic E-state index is 12.9. The number of nitrogens with zero attached hydrogens (tertiary/aromatic N) is 1. The molecule has 0 aromatic heterocycles. The van der Waals surface area contributed by atoms with E-state index >= 15 is 0 Å². The first-order valence-corrected chi connectivity index (χ1v) is 9.73. The van der Waals surface area contributed by atoms with E-state index in [4.69, 9.17) is 23.2 Å². The minimum atomic E-state index is -0.570. The molecular formula is C21H24Cl2N2O2. The van der Waals surface area contributed by atoms with E-state index in [9.17, 15) is 9.59 Å². The van der Waals surface area contributed by atoms with Gasteiger partial charge in [-0.2, -0.15) is 0 Å². The summed E-state index contributed by atoms with van der Waals surface area (Å²) in [4.78, 5) is 26.8. The van der Waals surface area contributed by atoms with E-state index in [0.717, 1.165) is 11.1 Å². The minimum Gasteiger partial charge on any atom is -0.355 e. The Morgan fingerprint density at radius 1 is 1.07 bits per heavy atom. The molecule has 4 nitrogen and oxygen atoms in total.